The van der Waals surface area contributed by atoms with Crippen molar-refractivity contribution in [3.63, 3.8) is 0 Å². The van der Waals surface area contributed by atoms with E-state index in [1.165, 1.54) is 18.2 Å². The number of benzene rings is 3. The Hall–Kier alpha value is -8.13. The molecule has 5 aromatic rings. The number of imide groups is 2. The molecule has 1 saturated carbocycles. The highest BCUT2D eigenvalue weighted by molar-refractivity contribution is 6.24. The van der Waals surface area contributed by atoms with E-state index < -0.39 is 42.2 Å². The number of hydrogen-bond acceptors (Lipinski definition) is 12. The summed E-state index contributed by atoms with van der Waals surface area (Å²) in [6, 6.07) is 30.3. The quantitative estimate of drug-likeness (QED) is 0.0710. The van der Waals surface area contributed by atoms with Crippen molar-refractivity contribution in [2.24, 2.45) is 0 Å². The third kappa shape index (κ3) is 10.5. The number of urea groups is 1. The molecule has 2 aliphatic heterocycles. The van der Waals surface area contributed by atoms with Crippen molar-refractivity contribution >= 4 is 47.1 Å². The van der Waals surface area contributed by atoms with Crippen LogP contribution in [0.2, 0.25) is 0 Å². The van der Waals surface area contributed by atoms with E-state index in [9.17, 15) is 28.8 Å². The molecule has 8 rings (SSSR count). The zero-order chi connectivity index (χ0) is 46.0. The monoisotopic (exact) mass is 889 g/mol. The molecule has 4 N–H and O–H groups in total. The van der Waals surface area contributed by atoms with Crippen LogP contribution in [0.25, 0.3) is 11.1 Å². The Morgan fingerprint density at radius 1 is 0.833 bits per heavy atom. The van der Waals surface area contributed by atoms with Gasteiger partial charge >= 0.3 is 6.03 Å². The van der Waals surface area contributed by atoms with Gasteiger partial charge in [-0.25, -0.2) is 14.8 Å². The van der Waals surface area contributed by atoms with Crippen molar-refractivity contribution in [1.82, 2.24) is 30.8 Å². The van der Waals surface area contributed by atoms with Gasteiger partial charge in [-0.15, -0.1) is 0 Å². The minimum absolute atomic E-state index is 0.000603. The Bertz CT molecular complexity index is 2650. The van der Waals surface area contributed by atoms with E-state index in [4.69, 9.17) is 14.7 Å². The first-order valence-electron chi connectivity index (χ1n) is 21.8. The Labute approximate surface area is 380 Å². The van der Waals surface area contributed by atoms with Gasteiger partial charge in [-0.1, -0.05) is 48.5 Å². The summed E-state index contributed by atoms with van der Waals surface area (Å²) >= 11 is 0. The lowest BCUT2D eigenvalue weighted by molar-refractivity contribution is -0.136. The van der Waals surface area contributed by atoms with Crippen LogP contribution >= 0.6 is 0 Å². The molecule has 3 aromatic carbocycles. The predicted molar refractivity (Wildman–Crippen MR) is 241 cm³/mol. The zero-order valence-electron chi connectivity index (χ0n) is 35.9. The number of anilines is 2. The number of amides is 7. The van der Waals surface area contributed by atoms with Gasteiger partial charge in [-0.2, -0.15) is 5.26 Å². The molecule has 17 heteroatoms. The Balaban J connectivity index is 0.823. The molecule has 2 fully saturated rings. The van der Waals surface area contributed by atoms with Crippen molar-refractivity contribution in [3.8, 4) is 28.8 Å². The minimum atomic E-state index is -1.12. The van der Waals surface area contributed by atoms with Gasteiger partial charge in [-0.05, 0) is 97.7 Å². The van der Waals surface area contributed by atoms with Crippen LogP contribution in [-0.4, -0.2) is 88.3 Å². The third-order valence-corrected chi connectivity index (χ3v) is 11.7. The summed E-state index contributed by atoms with van der Waals surface area (Å²) in [4.78, 5) is 88.5. The van der Waals surface area contributed by atoms with Crippen LogP contribution < -0.4 is 35.6 Å². The van der Waals surface area contributed by atoms with Gasteiger partial charge in [0.05, 0.1) is 23.3 Å². The molecule has 3 aliphatic rings. The Kier molecular flexibility index (Phi) is 13.9. The van der Waals surface area contributed by atoms with E-state index in [1.807, 2.05) is 77.7 Å². The van der Waals surface area contributed by atoms with E-state index in [0.29, 0.717) is 24.4 Å². The number of fused-ring (bicyclic) bond motifs is 1. The second-order valence-electron chi connectivity index (χ2n) is 16.1. The number of carbonyl (C=O) groups is 6. The number of nitrogens with one attached hydrogen (secondary N) is 4. The van der Waals surface area contributed by atoms with Gasteiger partial charge in [0.1, 0.15) is 23.7 Å². The first-order valence-corrected chi connectivity index (χ1v) is 21.8. The van der Waals surface area contributed by atoms with Crippen LogP contribution in [0, 0.1) is 11.3 Å². The normalized spacial score (nSPS) is 17.8. The van der Waals surface area contributed by atoms with E-state index >= 15 is 0 Å². The lowest BCUT2D eigenvalue weighted by Gasteiger charge is -2.37. The number of aromatic nitrogens is 2. The third-order valence-electron chi connectivity index (χ3n) is 11.7. The topological polar surface area (TPSA) is 225 Å². The highest BCUT2D eigenvalue weighted by atomic mass is 16.5. The molecule has 1 unspecified atom stereocenters. The lowest BCUT2D eigenvalue weighted by atomic mass is 9.89. The number of nitrogens with zero attached hydrogens (tertiary/aromatic N) is 5. The Morgan fingerprint density at radius 2 is 1.64 bits per heavy atom. The standard InChI is InChI=1S/C49H47N9O8/c50-27-32-10-20-41(53-29-32)55-35-13-17-37(18-14-35)57(49(64)54-28-31-6-2-1-3-7-31)36-15-11-33(12-16-36)34-22-24-52-44(26-34)65-25-5-23-51-43(60)30-66-40-9-4-8-38-45(40)48(63)58(47(38)62)39-19-21-42(59)56-46(39)61/h1-4,6-12,15-16,20,22,24,26,29,35,37,39H,5,13-14,17-19,21,23,25,28,30H2,(H,51,60)(H,53,55)(H,54,64)(H,56,59,61)/t35-,37-,39?. The summed E-state index contributed by atoms with van der Waals surface area (Å²) in [6.07, 6.45) is 6.94. The molecule has 2 aromatic heterocycles. The number of rotatable bonds is 16. The molecule has 66 heavy (non-hydrogen) atoms. The number of ether oxygens (including phenoxy) is 2. The summed E-state index contributed by atoms with van der Waals surface area (Å²) < 4.78 is 11.6. The number of hydrogen-bond donors (Lipinski definition) is 4. The molecule has 1 saturated heterocycles. The number of piperidine rings is 1. The van der Waals surface area contributed by atoms with Crippen LogP contribution in [0.3, 0.4) is 0 Å². The fourth-order valence-electron chi connectivity index (χ4n) is 8.34. The smallest absolute Gasteiger partial charge is 0.322 e. The molecule has 1 atom stereocenters. The number of pyridine rings is 2. The van der Waals surface area contributed by atoms with Crippen molar-refractivity contribution in [2.75, 3.05) is 30.0 Å². The summed E-state index contributed by atoms with van der Waals surface area (Å²) in [5, 5.41) is 20.6. The highest BCUT2D eigenvalue weighted by Crippen LogP contribution is 2.34. The minimum Gasteiger partial charge on any atom is -0.483 e. The van der Waals surface area contributed by atoms with Crippen LogP contribution in [0.4, 0.5) is 16.3 Å². The average Bonchev–Trinajstić information content (AvgIpc) is 3.60. The molecule has 0 radical (unpaired) electrons. The molecule has 4 heterocycles. The molecular formula is C49H47N9O8. The van der Waals surface area contributed by atoms with Gasteiger partial charge < -0.3 is 25.4 Å². The van der Waals surface area contributed by atoms with Crippen LogP contribution in [-0.2, 0) is 20.9 Å². The van der Waals surface area contributed by atoms with Crippen molar-refractivity contribution < 1.29 is 38.2 Å². The SMILES string of the molecule is N#Cc1ccc(N[C@H]2CC[C@H](N(C(=O)NCc3ccccc3)c3ccc(-c4ccnc(OCCCNC(=O)COc5cccc6c5C(=O)N(C5CCC(=O)NC5=O)C6=O)c4)cc3)CC2)nc1. The van der Waals surface area contributed by atoms with Gasteiger partial charge in [0, 0.05) is 55.7 Å². The molecule has 7 amide bonds. The second kappa shape index (κ2) is 20.6. The Morgan fingerprint density at radius 3 is 2.38 bits per heavy atom. The summed E-state index contributed by atoms with van der Waals surface area (Å²) in [7, 11) is 0. The molecule has 0 spiro atoms. The van der Waals surface area contributed by atoms with Crippen LogP contribution in [0.15, 0.2) is 109 Å². The van der Waals surface area contributed by atoms with Gasteiger partial charge in [0.2, 0.25) is 17.7 Å². The van der Waals surface area contributed by atoms with Crippen molar-refractivity contribution in [1.29, 1.82) is 5.26 Å². The van der Waals surface area contributed by atoms with Gasteiger partial charge in [-0.3, -0.25) is 39.1 Å². The summed E-state index contributed by atoms with van der Waals surface area (Å²) in [5.74, 6) is -1.87. The second-order valence-corrected chi connectivity index (χ2v) is 16.1. The van der Waals surface area contributed by atoms with Crippen LogP contribution in [0.1, 0.15) is 76.8 Å². The first-order chi connectivity index (χ1) is 32.1. The average molecular weight is 890 g/mol. The van der Waals surface area contributed by atoms with E-state index in [2.05, 4.69) is 37.3 Å². The van der Waals surface area contributed by atoms with Crippen LogP contribution in [0.5, 0.6) is 11.6 Å². The van der Waals surface area contributed by atoms with Crippen molar-refractivity contribution in [2.45, 2.75) is 69.6 Å². The molecule has 17 nitrogen and oxygen atoms in total. The lowest BCUT2D eigenvalue weighted by Crippen LogP contribution is -2.54. The van der Waals surface area contributed by atoms with E-state index in [-0.39, 0.29) is 61.0 Å². The largest absolute Gasteiger partial charge is 0.483 e. The van der Waals surface area contributed by atoms with Gasteiger partial charge in [0.15, 0.2) is 6.61 Å². The molecule has 1 aliphatic carbocycles. The fraction of sp³-hybridized carbons (Fsp3) is 0.286. The molecule has 0 bridgehead atoms. The maximum atomic E-state index is 13.9. The first kappa shape index (κ1) is 44.5. The van der Waals surface area contributed by atoms with Gasteiger partial charge in [0.25, 0.3) is 17.7 Å². The summed E-state index contributed by atoms with van der Waals surface area (Å²) in [5.41, 5.74) is 4.08. The predicted octanol–water partition coefficient (Wildman–Crippen LogP) is 5.52. The highest BCUT2D eigenvalue weighted by Gasteiger charge is 2.46. The fourth-order valence-corrected chi connectivity index (χ4v) is 8.34. The maximum absolute atomic E-state index is 13.9. The van der Waals surface area contributed by atoms with E-state index in [1.54, 1.807) is 18.5 Å². The zero-order valence-corrected chi connectivity index (χ0v) is 35.9. The molecular weight excluding hydrogens is 843 g/mol. The number of carbonyl (C=O) groups excluding carboxylic acids is 6. The van der Waals surface area contributed by atoms with Crippen molar-refractivity contribution in [3.05, 3.63) is 132 Å². The maximum Gasteiger partial charge on any atom is 0.322 e. The molecule has 336 valence electrons. The number of nitriles is 1. The van der Waals surface area contributed by atoms with E-state index in [0.717, 1.165) is 58.8 Å². The summed E-state index contributed by atoms with van der Waals surface area (Å²) in [6.45, 7) is 0.492.